The lowest BCUT2D eigenvalue weighted by atomic mass is 9.80. The molecule has 0 aliphatic rings. The molecule has 0 aliphatic heterocycles. The Kier molecular flexibility index (Phi) is 3.59. The number of aromatic nitrogens is 3. The average Bonchev–Trinajstić information content (AvgIpc) is 2.91. The zero-order valence-electron chi connectivity index (χ0n) is 11.5. The predicted molar refractivity (Wildman–Crippen MR) is 79.4 cm³/mol. The van der Waals surface area contributed by atoms with E-state index in [4.69, 9.17) is 14.8 Å². The number of ether oxygens (including phenoxy) is 1. The summed E-state index contributed by atoms with van der Waals surface area (Å²) in [6.07, 6.45) is 3.41. The standard InChI is InChI=1S/C14H14BN3O3/c1-21-14-12-8-17-18(13(12)6-7-16-14)9-10-2-4-11(5-3-10)15(19)20/h2-8,19-20H,9H2,1H3. The van der Waals surface area contributed by atoms with Gasteiger partial charge in [0.2, 0.25) is 5.88 Å². The minimum atomic E-state index is -1.44. The monoisotopic (exact) mass is 283 g/mol. The Balaban J connectivity index is 1.91. The van der Waals surface area contributed by atoms with Crippen LogP contribution >= 0.6 is 0 Å². The summed E-state index contributed by atoms with van der Waals surface area (Å²) in [6.45, 7) is 0.582. The van der Waals surface area contributed by atoms with Crippen molar-refractivity contribution >= 4 is 23.5 Å². The molecule has 1 aromatic carbocycles. The SMILES string of the molecule is COc1nccc2c1cnn2Cc1ccc(B(O)O)cc1. The molecule has 7 heteroatoms. The molecule has 0 spiro atoms. The summed E-state index contributed by atoms with van der Waals surface area (Å²) in [5, 5.41) is 23.4. The molecule has 0 unspecified atom stereocenters. The lowest BCUT2D eigenvalue weighted by Crippen LogP contribution is -2.29. The van der Waals surface area contributed by atoms with Gasteiger partial charge in [0.05, 0.1) is 30.8 Å². The first-order valence-corrected chi connectivity index (χ1v) is 6.48. The van der Waals surface area contributed by atoms with E-state index in [-0.39, 0.29) is 0 Å². The Hall–Kier alpha value is -2.38. The topological polar surface area (TPSA) is 80.4 Å². The van der Waals surface area contributed by atoms with Gasteiger partial charge in [0, 0.05) is 6.20 Å². The van der Waals surface area contributed by atoms with Crippen LogP contribution in [0.5, 0.6) is 5.88 Å². The zero-order chi connectivity index (χ0) is 14.8. The third kappa shape index (κ3) is 2.61. The molecule has 0 atom stereocenters. The summed E-state index contributed by atoms with van der Waals surface area (Å²) in [4.78, 5) is 4.15. The van der Waals surface area contributed by atoms with Crippen molar-refractivity contribution in [3.05, 3.63) is 48.3 Å². The molecule has 2 N–H and O–H groups in total. The maximum atomic E-state index is 9.09. The quantitative estimate of drug-likeness (QED) is 0.667. The van der Waals surface area contributed by atoms with Gasteiger partial charge in [-0.1, -0.05) is 24.3 Å². The van der Waals surface area contributed by atoms with E-state index in [0.29, 0.717) is 17.9 Å². The number of methoxy groups -OCH3 is 1. The van der Waals surface area contributed by atoms with Crippen LogP contribution in [0.25, 0.3) is 10.9 Å². The van der Waals surface area contributed by atoms with Gasteiger partial charge in [-0.2, -0.15) is 5.10 Å². The Morgan fingerprint density at radius 3 is 2.62 bits per heavy atom. The Labute approximate surface area is 121 Å². The fraction of sp³-hybridized carbons (Fsp3) is 0.143. The molecular weight excluding hydrogens is 269 g/mol. The molecule has 6 nitrogen and oxygen atoms in total. The first-order valence-electron chi connectivity index (χ1n) is 6.48. The van der Waals surface area contributed by atoms with E-state index in [1.807, 2.05) is 22.9 Å². The minimum absolute atomic E-state index is 0.468. The van der Waals surface area contributed by atoms with Crippen molar-refractivity contribution in [2.24, 2.45) is 0 Å². The molecule has 0 amide bonds. The minimum Gasteiger partial charge on any atom is -0.480 e. The van der Waals surface area contributed by atoms with Crippen molar-refractivity contribution in [1.29, 1.82) is 0 Å². The van der Waals surface area contributed by atoms with Gasteiger partial charge >= 0.3 is 7.12 Å². The van der Waals surface area contributed by atoms with E-state index < -0.39 is 7.12 Å². The van der Waals surface area contributed by atoms with Gasteiger partial charge in [0.1, 0.15) is 0 Å². The van der Waals surface area contributed by atoms with Crippen LogP contribution in [-0.2, 0) is 6.54 Å². The van der Waals surface area contributed by atoms with Gasteiger partial charge < -0.3 is 14.8 Å². The summed E-state index contributed by atoms with van der Waals surface area (Å²) < 4.78 is 7.06. The molecule has 0 saturated heterocycles. The van der Waals surface area contributed by atoms with Crippen molar-refractivity contribution < 1.29 is 14.8 Å². The Morgan fingerprint density at radius 1 is 1.19 bits per heavy atom. The van der Waals surface area contributed by atoms with Gasteiger partial charge in [0.15, 0.2) is 0 Å². The van der Waals surface area contributed by atoms with E-state index in [2.05, 4.69) is 10.1 Å². The van der Waals surface area contributed by atoms with Crippen molar-refractivity contribution in [3.8, 4) is 5.88 Å². The smallest absolute Gasteiger partial charge is 0.480 e. The average molecular weight is 283 g/mol. The Bertz CT molecular complexity index is 756. The molecule has 0 radical (unpaired) electrons. The van der Waals surface area contributed by atoms with Crippen LogP contribution in [0.15, 0.2) is 42.7 Å². The number of benzene rings is 1. The number of pyridine rings is 1. The summed E-state index contributed by atoms with van der Waals surface area (Å²) in [7, 11) is 0.137. The van der Waals surface area contributed by atoms with Crippen LogP contribution in [0.2, 0.25) is 0 Å². The molecule has 21 heavy (non-hydrogen) atoms. The van der Waals surface area contributed by atoms with Gasteiger partial charge in [-0.3, -0.25) is 4.68 Å². The summed E-state index contributed by atoms with van der Waals surface area (Å²) >= 11 is 0. The molecule has 2 heterocycles. The van der Waals surface area contributed by atoms with Crippen molar-refractivity contribution in [2.45, 2.75) is 6.54 Å². The first kappa shape index (κ1) is 13.6. The van der Waals surface area contributed by atoms with Gasteiger partial charge in [-0.05, 0) is 17.1 Å². The molecule has 0 saturated carbocycles. The number of rotatable bonds is 4. The normalized spacial score (nSPS) is 10.8. The van der Waals surface area contributed by atoms with Crippen LogP contribution in [0.3, 0.4) is 0 Å². The predicted octanol–water partition coefficient (Wildman–Crippen LogP) is 0.168. The molecule has 3 aromatic rings. The molecule has 2 aromatic heterocycles. The maximum absolute atomic E-state index is 9.09. The lowest BCUT2D eigenvalue weighted by molar-refractivity contribution is 0.403. The molecule has 0 aliphatic carbocycles. The second-order valence-corrected chi connectivity index (χ2v) is 4.67. The highest BCUT2D eigenvalue weighted by atomic mass is 16.5. The van der Waals surface area contributed by atoms with Gasteiger partial charge in [-0.25, -0.2) is 4.98 Å². The third-order valence-electron chi connectivity index (χ3n) is 3.34. The third-order valence-corrected chi connectivity index (χ3v) is 3.34. The van der Waals surface area contributed by atoms with E-state index in [1.165, 1.54) is 0 Å². The molecule has 3 rings (SSSR count). The van der Waals surface area contributed by atoms with E-state index in [9.17, 15) is 0 Å². The van der Waals surface area contributed by atoms with E-state index in [1.54, 1.807) is 31.6 Å². The number of fused-ring (bicyclic) bond motifs is 1. The van der Waals surface area contributed by atoms with E-state index in [0.717, 1.165) is 16.5 Å². The van der Waals surface area contributed by atoms with Crippen LogP contribution in [0.1, 0.15) is 5.56 Å². The fourth-order valence-electron chi connectivity index (χ4n) is 2.24. The van der Waals surface area contributed by atoms with Crippen LogP contribution in [0.4, 0.5) is 0 Å². The van der Waals surface area contributed by atoms with Gasteiger partial charge in [-0.15, -0.1) is 0 Å². The Morgan fingerprint density at radius 2 is 1.95 bits per heavy atom. The summed E-state index contributed by atoms with van der Waals surface area (Å²) in [5.74, 6) is 0.553. The van der Waals surface area contributed by atoms with Crippen molar-refractivity contribution in [3.63, 3.8) is 0 Å². The van der Waals surface area contributed by atoms with E-state index >= 15 is 0 Å². The first-order chi connectivity index (χ1) is 10.2. The number of hydrogen-bond donors (Lipinski definition) is 2. The lowest BCUT2D eigenvalue weighted by Gasteiger charge is -2.06. The zero-order valence-corrected chi connectivity index (χ0v) is 11.5. The summed E-state index contributed by atoms with van der Waals surface area (Å²) in [6, 6.07) is 8.96. The summed E-state index contributed by atoms with van der Waals surface area (Å²) in [5.41, 5.74) is 2.42. The van der Waals surface area contributed by atoms with Crippen molar-refractivity contribution in [2.75, 3.05) is 7.11 Å². The second kappa shape index (κ2) is 5.55. The highest BCUT2D eigenvalue weighted by molar-refractivity contribution is 6.58. The highest BCUT2D eigenvalue weighted by Gasteiger charge is 2.11. The van der Waals surface area contributed by atoms with Crippen LogP contribution in [0, 0.1) is 0 Å². The molecule has 0 fully saturated rings. The number of nitrogens with zero attached hydrogens (tertiary/aromatic N) is 3. The van der Waals surface area contributed by atoms with Crippen LogP contribution < -0.4 is 10.2 Å². The molecular formula is C14H14BN3O3. The molecule has 106 valence electrons. The van der Waals surface area contributed by atoms with Crippen LogP contribution in [-0.4, -0.2) is 39.0 Å². The van der Waals surface area contributed by atoms with Crippen molar-refractivity contribution in [1.82, 2.24) is 14.8 Å². The fourth-order valence-corrected chi connectivity index (χ4v) is 2.24. The largest absolute Gasteiger partial charge is 0.488 e. The number of hydrogen-bond acceptors (Lipinski definition) is 5. The maximum Gasteiger partial charge on any atom is 0.488 e. The highest BCUT2D eigenvalue weighted by Crippen LogP contribution is 2.22. The molecule has 0 bridgehead atoms. The second-order valence-electron chi connectivity index (χ2n) is 4.67. The van der Waals surface area contributed by atoms with Gasteiger partial charge in [0.25, 0.3) is 0 Å².